The molecule has 0 N–H and O–H groups in total. The summed E-state index contributed by atoms with van der Waals surface area (Å²) < 4.78 is 4.64. The Bertz CT molecular complexity index is 264. The molecule has 0 aliphatic heterocycles. The summed E-state index contributed by atoms with van der Waals surface area (Å²) in [7, 11) is -0.0990. The molecule has 0 spiro atoms. The molecule has 64 valence electrons. The van der Waals surface area contributed by atoms with E-state index < -0.39 is 8.24 Å². The van der Waals surface area contributed by atoms with Crippen molar-refractivity contribution >= 4 is 21.9 Å². The highest BCUT2D eigenvalue weighted by atomic mass is 31.1. The van der Waals surface area contributed by atoms with Crippen molar-refractivity contribution in [2.45, 2.75) is 19.6 Å². The minimum Gasteiger partial charge on any atom is -0.302 e. The smallest absolute Gasteiger partial charge is 0.178 e. The van der Waals surface area contributed by atoms with Crippen molar-refractivity contribution in [3.63, 3.8) is 0 Å². The fraction of sp³-hybridized carbons (Fsp3) is 0.333. The van der Waals surface area contributed by atoms with Crippen molar-refractivity contribution in [3.8, 4) is 0 Å². The van der Waals surface area contributed by atoms with Gasteiger partial charge in [0.2, 0.25) is 0 Å². The maximum atomic E-state index is 4.64. The van der Waals surface area contributed by atoms with Gasteiger partial charge in [0.15, 0.2) is 8.24 Å². The monoisotopic (exact) mass is 195 g/mol. The van der Waals surface area contributed by atoms with Gasteiger partial charge >= 0.3 is 0 Å². The Morgan fingerprint density at radius 3 is 2.17 bits per heavy atom. The lowest BCUT2D eigenvalue weighted by atomic mass is 10.4. The zero-order valence-electron chi connectivity index (χ0n) is 7.78. The van der Waals surface area contributed by atoms with Crippen molar-refractivity contribution in [3.05, 3.63) is 30.3 Å². The predicted octanol–water partition coefficient (Wildman–Crippen LogP) is 3.28. The largest absolute Gasteiger partial charge is 0.302 e. The molecule has 0 unspecified atom stereocenters. The summed E-state index contributed by atoms with van der Waals surface area (Å²) in [6.07, 6.45) is 0. The van der Waals surface area contributed by atoms with Crippen LogP contribution in [0, 0.1) is 0 Å². The molecule has 0 aliphatic rings. The van der Waals surface area contributed by atoms with Gasteiger partial charge in [-0.05, 0) is 31.8 Å². The Kier molecular flexibility index (Phi) is 3.18. The summed E-state index contributed by atoms with van der Waals surface area (Å²) in [6.45, 7) is 6.76. The van der Waals surface area contributed by atoms with E-state index in [4.69, 9.17) is 0 Å². The lowest BCUT2D eigenvalue weighted by Crippen LogP contribution is -2.14. The molecule has 1 rings (SSSR count). The molecular weight excluding hydrogens is 181 g/mol. The van der Waals surface area contributed by atoms with E-state index in [9.17, 15) is 0 Å². The van der Waals surface area contributed by atoms with Crippen LogP contribution in [-0.4, -0.2) is 8.24 Å². The zero-order valence-corrected chi connectivity index (χ0v) is 9.68. The van der Waals surface area contributed by atoms with E-state index >= 15 is 0 Å². The quantitative estimate of drug-likeness (QED) is 0.507. The van der Waals surface area contributed by atoms with Crippen LogP contribution >= 0.6 is 8.37 Å². The number of hydrogen-bond donors (Lipinski definition) is 0. The molecule has 12 heavy (non-hydrogen) atoms. The maximum absolute atomic E-state index is 4.64. The molecule has 0 saturated carbocycles. The first kappa shape index (κ1) is 9.62. The molecular formula is C9H14NPSi. The second kappa shape index (κ2) is 3.97. The van der Waals surface area contributed by atoms with Gasteiger partial charge < -0.3 is 4.41 Å². The van der Waals surface area contributed by atoms with Crippen LogP contribution in [-0.2, 0) is 0 Å². The number of benzene rings is 1. The second-order valence-corrected chi connectivity index (χ2v) is 9.56. The fourth-order valence-electron chi connectivity index (χ4n) is 0.702. The summed E-state index contributed by atoms with van der Waals surface area (Å²) in [4.78, 5) is 0. The lowest BCUT2D eigenvalue weighted by molar-refractivity contribution is 1.60. The average Bonchev–Trinajstić information content (AvgIpc) is 2.02. The highest BCUT2D eigenvalue weighted by molar-refractivity contribution is 7.38. The molecule has 0 amide bonds. The zero-order chi connectivity index (χ0) is 9.03. The van der Waals surface area contributed by atoms with Crippen molar-refractivity contribution in [1.29, 1.82) is 0 Å². The van der Waals surface area contributed by atoms with Gasteiger partial charge in [0.05, 0.1) is 0 Å². The van der Waals surface area contributed by atoms with Crippen LogP contribution in [0.15, 0.2) is 34.7 Å². The average molecular weight is 195 g/mol. The Morgan fingerprint density at radius 2 is 1.67 bits per heavy atom. The molecule has 0 fully saturated rings. The van der Waals surface area contributed by atoms with Crippen LogP contribution in [0.2, 0.25) is 19.6 Å². The normalized spacial score (nSPS) is 12.2. The van der Waals surface area contributed by atoms with Crippen LogP contribution in [0.5, 0.6) is 0 Å². The van der Waals surface area contributed by atoms with E-state index in [-0.39, 0.29) is 0 Å². The Labute approximate surface area is 76.8 Å². The topological polar surface area (TPSA) is 12.4 Å². The third-order valence-corrected chi connectivity index (χ3v) is 4.55. The molecule has 0 saturated heterocycles. The first-order valence-corrected chi connectivity index (χ1v) is 8.35. The van der Waals surface area contributed by atoms with E-state index in [1.807, 2.05) is 6.07 Å². The van der Waals surface area contributed by atoms with Crippen molar-refractivity contribution < 1.29 is 0 Å². The highest BCUT2D eigenvalue weighted by Crippen LogP contribution is 2.10. The second-order valence-electron chi connectivity index (χ2n) is 3.71. The molecule has 0 atom stereocenters. The van der Waals surface area contributed by atoms with Crippen LogP contribution in [0.1, 0.15) is 0 Å². The summed E-state index contributed by atoms with van der Waals surface area (Å²) in [5.74, 6) is 0. The van der Waals surface area contributed by atoms with E-state index in [2.05, 4.69) is 48.3 Å². The predicted molar refractivity (Wildman–Crippen MR) is 58.8 cm³/mol. The van der Waals surface area contributed by atoms with Gasteiger partial charge in [-0.1, -0.05) is 18.2 Å². The van der Waals surface area contributed by atoms with E-state index in [1.165, 1.54) is 5.30 Å². The molecule has 1 aromatic carbocycles. The van der Waals surface area contributed by atoms with Crippen molar-refractivity contribution in [2.75, 3.05) is 0 Å². The standard InChI is InChI=1S/C9H14NPSi/c1-12(2,3)10-11-9-7-5-4-6-8-9/h4-8H,1-3H3. The van der Waals surface area contributed by atoms with Crippen LogP contribution in [0.4, 0.5) is 0 Å². The molecule has 0 aliphatic carbocycles. The summed E-state index contributed by atoms with van der Waals surface area (Å²) in [5.41, 5.74) is 0. The van der Waals surface area contributed by atoms with Gasteiger partial charge in [0.25, 0.3) is 0 Å². The van der Waals surface area contributed by atoms with E-state index in [1.54, 1.807) is 0 Å². The minimum atomic E-state index is -1.23. The summed E-state index contributed by atoms with van der Waals surface area (Å²) >= 11 is 0. The molecule has 0 heterocycles. The third kappa shape index (κ3) is 3.79. The first-order chi connectivity index (χ1) is 5.58. The fourth-order valence-corrected chi connectivity index (χ4v) is 2.67. The number of nitrogens with zero attached hydrogens (tertiary/aromatic N) is 1. The van der Waals surface area contributed by atoms with Gasteiger partial charge in [-0.15, -0.1) is 0 Å². The van der Waals surface area contributed by atoms with E-state index in [0.717, 1.165) is 8.37 Å². The highest BCUT2D eigenvalue weighted by Gasteiger charge is 2.09. The number of rotatable bonds is 2. The Morgan fingerprint density at radius 1 is 1.08 bits per heavy atom. The van der Waals surface area contributed by atoms with Gasteiger partial charge in [-0.2, -0.15) is 0 Å². The Hall–Kier alpha value is -0.463. The maximum Gasteiger partial charge on any atom is 0.178 e. The minimum absolute atomic E-state index is 1.13. The molecule has 0 bridgehead atoms. The Balaban J connectivity index is 2.71. The van der Waals surface area contributed by atoms with Gasteiger partial charge in [0.1, 0.15) is 0 Å². The molecule has 1 nitrogen and oxygen atoms in total. The molecule has 3 heteroatoms. The SMILES string of the molecule is C[Si](C)(C)N=Pc1ccccc1. The lowest BCUT2D eigenvalue weighted by Gasteiger charge is -2.05. The van der Waals surface area contributed by atoms with Gasteiger partial charge in [-0.25, -0.2) is 0 Å². The van der Waals surface area contributed by atoms with Crippen LogP contribution < -0.4 is 5.30 Å². The van der Waals surface area contributed by atoms with Gasteiger partial charge in [0, 0.05) is 13.7 Å². The van der Waals surface area contributed by atoms with E-state index in [0.29, 0.717) is 0 Å². The molecule has 1 aromatic rings. The molecule has 0 radical (unpaired) electrons. The first-order valence-electron chi connectivity index (χ1n) is 4.06. The third-order valence-electron chi connectivity index (χ3n) is 1.22. The van der Waals surface area contributed by atoms with Crippen LogP contribution in [0.25, 0.3) is 0 Å². The number of hydrogen-bond acceptors (Lipinski definition) is 1. The van der Waals surface area contributed by atoms with Crippen LogP contribution in [0.3, 0.4) is 0 Å². The van der Waals surface area contributed by atoms with Crippen molar-refractivity contribution in [1.82, 2.24) is 0 Å². The molecule has 0 aromatic heterocycles. The van der Waals surface area contributed by atoms with Gasteiger partial charge in [-0.3, -0.25) is 0 Å². The summed E-state index contributed by atoms with van der Waals surface area (Å²) in [5, 5.41) is 1.29. The van der Waals surface area contributed by atoms with Crippen molar-refractivity contribution in [2.24, 2.45) is 4.41 Å². The summed E-state index contributed by atoms with van der Waals surface area (Å²) in [6, 6.07) is 10.4.